The first kappa shape index (κ1) is 48.1. The van der Waals surface area contributed by atoms with Crippen molar-refractivity contribution in [1.29, 1.82) is 0 Å². The van der Waals surface area contributed by atoms with Crippen LogP contribution in [-0.4, -0.2) is 88.5 Å². The van der Waals surface area contributed by atoms with E-state index in [0.717, 1.165) is 0 Å². The molecule has 4 saturated heterocycles. The van der Waals surface area contributed by atoms with E-state index in [4.69, 9.17) is 24.6 Å². The fourth-order valence-electron chi connectivity index (χ4n) is 11.8. The highest BCUT2D eigenvalue weighted by atomic mass is 16.6. The van der Waals surface area contributed by atoms with Gasteiger partial charge in [0.25, 0.3) is 0 Å². The number of carbonyl (C=O) groups is 4. The molecular formula is C47H78N4O9+2. The summed E-state index contributed by atoms with van der Waals surface area (Å²) in [5.74, 6) is -3.47. The van der Waals surface area contributed by atoms with Crippen molar-refractivity contribution in [2.45, 2.75) is 213 Å². The van der Waals surface area contributed by atoms with Gasteiger partial charge in [-0.2, -0.15) is 0 Å². The Morgan fingerprint density at radius 2 is 0.783 bits per heavy atom. The van der Waals surface area contributed by atoms with E-state index < -0.39 is 63.7 Å². The van der Waals surface area contributed by atoms with Crippen molar-refractivity contribution in [2.75, 3.05) is 0 Å². The van der Waals surface area contributed by atoms with Gasteiger partial charge in [0.1, 0.15) is 23.0 Å². The largest absolute Gasteiger partial charge is 0.426 e. The van der Waals surface area contributed by atoms with E-state index in [1.165, 1.54) is 12.1 Å². The van der Waals surface area contributed by atoms with Crippen molar-refractivity contribution in [3.8, 4) is 17.2 Å². The Balaban J connectivity index is 1.61. The number of rotatable bonds is 9. The first-order valence-corrected chi connectivity index (χ1v) is 22.0. The lowest BCUT2D eigenvalue weighted by Crippen LogP contribution is -2.60. The quantitative estimate of drug-likeness (QED) is 0.159. The molecule has 4 aliphatic heterocycles. The van der Waals surface area contributed by atoms with Crippen LogP contribution in [0.4, 0.5) is 0 Å². The van der Waals surface area contributed by atoms with Crippen LogP contribution in [0.3, 0.4) is 0 Å². The minimum absolute atomic E-state index is 0.00115. The number of esters is 3. The summed E-state index contributed by atoms with van der Waals surface area (Å²) in [6.45, 7) is 32.0. The van der Waals surface area contributed by atoms with Crippen molar-refractivity contribution >= 4 is 23.7 Å². The lowest BCUT2D eigenvalue weighted by Gasteiger charge is -2.47. The highest BCUT2D eigenvalue weighted by Gasteiger charge is 2.52. The fraction of sp³-hybridized carbons (Fsp3) is 0.787. The SMILES string of the molecule is CC1(C)CC(C(=O)Oc2cc(OC(=O)C3CC(C)(C)NC(C)(C)C3)c(CC(=O)C3CC(C)(C)N([OH2+])C(C)(C)C3)c(OC(=O)C3CC(C)(C)N([OH2+])C(C)(C)C3)c2)CC(C)(C)N1. The zero-order chi connectivity index (χ0) is 45.4. The summed E-state index contributed by atoms with van der Waals surface area (Å²) in [5, 5.41) is 27.9. The van der Waals surface area contributed by atoms with E-state index >= 15 is 0 Å². The number of piperidine rings is 4. The van der Waals surface area contributed by atoms with Crippen LogP contribution in [0.25, 0.3) is 0 Å². The van der Waals surface area contributed by atoms with Crippen molar-refractivity contribution in [3.05, 3.63) is 17.7 Å². The van der Waals surface area contributed by atoms with E-state index in [-0.39, 0.29) is 57.2 Å². The number of benzene rings is 1. The van der Waals surface area contributed by atoms with E-state index in [2.05, 4.69) is 66.0 Å². The van der Waals surface area contributed by atoms with Crippen LogP contribution in [0.5, 0.6) is 17.2 Å². The zero-order valence-corrected chi connectivity index (χ0v) is 39.6. The maximum absolute atomic E-state index is 14.6. The first-order chi connectivity index (χ1) is 27.0. The molecule has 5 rings (SSSR count). The number of nitrogens with one attached hydrogen (secondary N) is 2. The van der Waals surface area contributed by atoms with Crippen molar-refractivity contribution < 1.29 is 43.8 Å². The van der Waals surface area contributed by atoms with Gasteiger partial charge >= 0.3 is 17.9 Å². The lowest BCUT2D eigenvalue weighted by molar-refractivity contribution is -0.251. The van der Waals surface area contributed by atoms with Crippen LogP contribution >= 0.6 is 0 Å². The Morgan fingerprint density at radius 3 is 1.12 bits per heavy atom. The predicted octanol–water partition coefficient (Wildman–Crippen LogP) is 6.45. The van der Waals surface area contributed by atoms with E-state index in [1.807, 2.05) is 55.4 Å². The van der Waals surface area contributed by atoms with Gasteiger partial charge in [-0.15, -0.1) is 0 Å². The number of ether oxygens (including phenoxy) is 3. The molecule has 338 valence electrons. The zero-order valence-electron chi connectivity index (χ0n) is 39.6. The smallest absolute Gasteiger partial charge is 0.314 e. The molecule has 0 radical (unpaired) electrons. The van der Waals surface area contributed by atoms with Gasteiger partial charge in [-0.1, -0.05) is 10.1 Å². The maximum atomic E-state index is 14.6. The van der Waals surface area contributed by atoms with Gasteiger partial charge in [0.05, 0.1) is 39.9 Å². The van der Waals surface area contributed by atoms with E-state index in [1.54, 1.807) is 10.1 Å². The molecule has 0 aliphatic carbocycles. The van der Waals surface area contributed by atoms with Gasteiger partial charge in [-0.05, 0) is 162 Å². The van der Waals surface area contributed by atoms with Gasteiger partial charge in [-0.3, -0.25) is 19.2 Å². The number of nitrogens with zero attached hydrogens (tertiary/aromatic N) is 2. The summed E-state index contributed by atoms with van der Waals surface area (Å²) in [6.07, 6.45) is 3.50. The summed E-state index contributed by atoms with van der Waals surface area (Å²) >= 11 is 0. The highest BCUT2D eigenvalue weighted by Crippen LogP contribution is 2.45. The summed E-state index contributed by atoms with van der Waals surface area (Å²) < 4.78 is 18.9. The van der Waals surface area contributed by atoms with Crippen LogP contribution in [0, 0.1) is 23.7 Å². The van der Waals surface area contributed by atoms with E-state index in [0.29, 0.717) is 51.4 Å². The van der Waals surface area contributed by atoms with Gasteiger partial charge in [0.2, 0.25) is 0 Å². The molecule has 4 aliphatic rings. The molecule has 4 heterocycles. The molecule has 0 atom stereocenters. The first-order valence-electron chi connectivity index (χ1n) is 22.0. The van der Waals surface area contributed by atoms with Crippen LogP contribution in [-0.2, 0) is 25.6 Å². The minimum atomic E-state index is -0.637. The summed E-state index contributed by atoms with van der Waals surface area (Å²) in [6, 6.07) is 2.98. The Bertz CT molecular complexity index is 1780. The fourth-order valence-corrected chi connectivity index (χ4v) is 11.8. The molecule has 4 fully saturated rings. The molecule has 0 bridgehead atoms. The molecule has 0 saturated carbocycles. The van der Waals surface area contributed by atoms with E-state index in [9.17, 15) is 19.2 Å². The van der Waals surface area contributed by atoms with Crippen LogP contribution < -0.4 is 24.8 Å². The highest BCUT2D eigenvalue weighted by molar-refractivity contribution is 5.87. The monoisotopic (exact) mass is 843 g/mol. The number of carbonyl (C=O) groups excluding carboxylic acids is 4. The van der Waals surface area contributed by atoms with Crippen molar-refractivity contribution in [3.63, 3.8) is 0 Å². The van der Waals surface area contributed by atoms with Crippen LogP contribution in [0.15, 0.2) is 12.1 Å². The Hall–Kier alpha value is -2.94. The molecule has 13 nitrogen and oxygen atoms in total. The molecule has 0 amide bonds. The van der Waals surface area contributed by atoms with Gasteiger partial charge < -0.3 is 35.3 Å². The third kappa shape index (κ3) is 11.0. The molecule has 0 unspecified atom stereocenters. The number of hydrogen-bond donors (Lipinski definition) is 2. The molecule has 0 aromatic heterocycles. The minimum Gasteiger partial charge on any atom is -0.426 e. The summed E-state index contributed by atoms with van der Waals surface area (Å²) in [5.41, 5.74) is -3.61. The summed E-state index contributed by atoms with van der Waals surface area (Å²) in [4.78, 5) is 57.4. The molecule has 60 heavy (non-hydrogen) atoms. The second-order valence-electron chi connectivity index (χ2n) is 23.9. The second kappa shape index (κ2) is 16.0. The molecular weight excluding hydrogens is 765 g/mol. The summed E-state index contributed by atoms with van der Waals surface area (Å²) in [7, 11) is 0. The van der Waals surface area contributed by atoms with Crippen molar-refractivity contribution in [2.24, 2.45) is 23.7 Å². The third-order valence-electron chi connectivity index (χ3n) is 13.4. The molecule has 0 spiro atoms. The molecule has 1 aromatic carbocycles. The van der Waals surface area contributed by atoms with Gasteiger partial charge in [-0.25, -0.2) is 0 Å². The molecule has 1 aromatic rings. The van der Waals surface area contributed by atoms with Crippen molar-refractivity contribution in [1.82, 2.24) is 20.8 Å². The lowest BCUT2D eigenvalue weighted by atomic mass is 9.73. The number of ketones is 1. The standard InChI is InChI=1S/C47H76N4O9/c1-40(2)20-29(21-41(3,4)48-40)37(53)58-32-17-35(59-38(54)30-22-42(5,6)49-43(7,8)23-30)33(19-34(52)28-24-44(9,10)50(56)45(11,12)25-28)36(18-32)60-39(55)31-26-46(13,14)51(57)47(15,16)27-31/h17-18,28-31,48-49,56-57H,19-27H2,1-16H3/p+2. The van der Waals surface area contributed by atoms with Crippen LogP contribution in [0.1, 0.15) is 168 Å². The average Bonchev–Trinajstić information content (AvgIpc) is 3.04. The second-order valence-corrected chi connectivity index (χ2v) is 23.9. The Kier molecular flexibility index (Phi) is 12.8. The maximum Gasteiger partial charge on any atom is 0.314 e. The van der Waals surface area contributed by atoms with Crippen LogP contribution in [0.2, 0.25) is 0 Å². The Labute approximate surface area is 358 Å². The normalized spacial score (nSPS) is 26.5. The number of hydroxylamine groups is 4. The van der Waals surface area contributed by atoms with Gasteiger partial charge in [0.15, 0.2) is 0 Å². The number of Topliss-reactive ketones (excluding diaryl/α,β-unsaturated/α-hetero) is 1. The van der Waals surface area contributed by atoms with Gasteiger partial charge in [0, 0.05) is 52.2 Å². The Morgan fingerprint density at radius 1 is 0.500 bits per heavy atom. The topological polar surface area (TPSA) is 172 Å². The average molecular weight is 843 g/mol. The number of hydrogen-bond acceptors (Lipinski definition) is 11. The predicted molar refractivity (Wildman–Crippen MR) is 233 cm³/mol. The molecule has 6 N–H and O–H groups in total. The third-order valence-corrected chi connectivity index (χ3v) is 13.4. The molecule has 13 heteroatoms.